The van der Waals surface area contributed by atoms with E-state index >= 15 is 0 Å². The Morgan fingerprint density at radius 2 is 1.81 bits per heavy atom. The third kappa shape index (κ3) is 5.09. The van der Waals surface area contributed by atoms with Gasteiger partial charge in [0.2, 0.25) is 5.91 Å². The molecule has 0 radical (unpaired) electrons. The van der Waals surface area contributed by atoms with Crippen LogP contribution in [0.5, 0.6) is 5.75 Å². The Labute approximate surface area is 180 Å². The highest BCUT2D eigenvalue weighted by Gasteiger charge is 2.51. The second-order valence-corrected chi connectivity index (χ2v) is 9.02. The van der Waals surface area contributed by atoms with Crippen molar-refractivity contribution in [2.24, 2.45) is 5.41 Å². The quantitative estimate of drug-likeness (QED) is 0.736. The second kappa shape index (κ2) is 8.50. The number of piperazine rings is 1. The Balaban J connectivity index is 1.25. The lowest BCUT2D eigenvalue weighted by Crippen LogP contribution is -2.56. The zero-order valence-electron chi connectivity index (χ0n) is 17.8. The van der Waals surface area contributed by atoms with Gasteiger partial charge in [0.05, 0.1) is 6.10 Å². The summed E-state index contributed by atoms with van der Waals surface area (Å²) in [5.41, 5.74) is 0.904. The summed E-state index contributed by atoms with van der Waals surface area (Å²) >= 11 is 0. The van der Waals surface area contributed by atoms with E-state index in [1.807, 2.05) is 16.7 Å². The number of rotatable bonds is 6. The number of hydrogen-bond donors (Lipinski definition) is 1. The summed E-state index contributed by atoms with van der Waals surface area (Å²) in [6.45, 7) is 6.32. The van der Waals surface area contributed by atoms with Crippen molar-refractivity contribution in [2.45, 2.75) is 51.1 Å². The summed E-state index contributed by atoms with van der Waals surface area (Å²) in [6.07, 6.45) is -0.716. The van der Waals surface area contributed by atoms with Crippen LogP contribution in [0.2, 0.25) is 0 Å². The van der Waals surface area contributed by atoms with Crippen LogP contribution in [0.15, 0.2) is 24.3 Å². The molecule has 9 heteroatoms. The molecule has 1 aromatic carbocycles. The zero-order valence-corrected chi connectivity index (χ0v) is 17.8. The number of nitrogens with zero attached hydrogens (tertiary/aromatic N) is 3. The minimum Gasteiger partial charge on any atom is -0.406 e. The number of carbonyl (C=O) groups excluding carboxylic acids is 1. The van der Waals surface area contributed by atoms with Crippen molar-refractivity contribution < 1.29 is 27.8 Å². The SMILES string of the molecule is C[C@H]1C(=O)N(CCCN2CCC3(CC3)[C@H](O)C2)CCN1c1ccc(OC(F)(F)F)cc1. The van der Waals surface area contributed by atoms with Gasteiger partial charge in [0.1, 0.15) is 11.8 Å². The Morgan fingerprint density at radius 3 is 2.42 bits per heavy atom. The Morgan fingerprint density at radius 1 is 1.10 bits per heavy atom. The zero-order chi connectivity index (χ0) is 22.2. The molecule has 1 spiro atoms. The van der Waals surface area contributed by atoms with Crippen LogP contribution in [0.1, 0.15) is 32.6 Å². The maximum Gasteiger partial charge on any atom is 0.573 e. The fourth-order valence-corrected chi connectivity index (χ4v) is 4.85. The molecule has 0 unspecified atom stereocenters. The molecule has 1 amide bonds. The van der Waals surface area contributed by atoms with Crippen LogP contribution in [-0.2, 0) is 4.79 Å². The van der Waals surface area contributed by atoms with Crippen molar-refractivity contribution in [3.05, 3.63) is 24.3 Å². The fraction of sp³-hybridized carbons (Fsp3) is 0.682. The number of amides is 1. The number of carbonyl (C=O) groups is 1. The van der Waals surface area contributed by atoms with Crippen LogP contribution >= 0.6 is 0 Å². The smallest absolute Gasteiger partial charge is 0.406 e. The first-order valence-corrected chi connectivity index (χ1v) is 11.0. The highest BCUT2D eigenvalue weighted by molar-refractivity contribution is 5.86. The van der Waals surface area contributed by atoms with Crippen molar-refractivity contribution in [1.82, 2.24) is 9.80 Å². The van der Waals surface area contributed by atoms with Crippen LogP contribution in [0, 0.1) is 5.41 Å². The molecule has 2 aliphatic heterocycles. The van der Waals surface area contributed by atoms with Gasteiger partial charge in [-0.25, -0.2) is 0 Å². The number of piperidine rings is 1. The standard InChI is InChI=1S/C22H30F3N3O3/c1-16-20(30)27(11-2-10-26-12-9-21(7-8-21)19(29)15-26)13-14-28(16)17-3-5-18(6-4-17)31-22(23,24)25/h3-6,16,19,29H,2,7-15H2,1H3/t16-,19+/m0/s1. The van der Waals surface area contributed by atoms with Gasteiger partial charge >= 0.3 is 6.36 Å². The minimum atomic E-state index is -4.72. The first-order chi connectivity index (χ1) is 14.7. The van der Waals surface area contributed by atoms with Crippen LogP contribution in [-0.4, -0.2) is 78.6 Å². The second-order valence-electron chi connectivity index (χ2n) is 9.02. The van der Waals surface area contributed by atoms with Gasteiger partial charge in [-0.15, -0.1) is 13.2 Å². The summed E-state index contributed by atoms with van der Waals surface area (Å²) < 4.78 is 40.9. The Bertz CT molecular complexity index is 782. The van der Waals surface area contributed by atoms with E-state index in [4.69, 9.17) is 0 Å². The molecule has 1 aliphatic carbocycles. The molecule has 0 bridgehead atoms. The number of alkyl halides is 3. The predicted octanol–water partition coefficient (Wildman–Crippen LogP) is 2.86. The number of likely N-dealkylation sites (tertiary alicyclic amines) is 1. The van der Waals surface area contributed by atoms with Gasteiger partial charge in [-0.3, -0.25) is 4.79 Å². The number of aliphatic hydroxyl groups excluding tert-OH is 1. The maximum atomic E-state index is 12.8. The fourth-order valence-electron chi connectivity index (χ4n) is 4.85. The molecular weight excluding hydrogens is 411 g/mol. The molecular formula is C22H30F3N3O3. The lowest BCUT2D eigenvalue weighted by Gasteiger charge is -2.41. The Kier molecular flexibility index (Phi) is 6.09. The molecule has 31 heavy (non-hydrogen) atoms. The number of aliphatic hydroxyl groups is 1. The first-order valence-electron chi connectivity index (χ1n) is 11.0. The van der Waals surface area contributed by atoms with E-state index in [-0.39, 0.29) is 29.2 Å². The third-order valence-electron chi connectivity index (χ3n) is 7.01. The van der Waals surface area contributed by atoms with Crippen LogP contribution in [0.3, 0.4) is 0 Å². The molecule has 1 aromatic rings. The summed E-state index contributed by atoms with van der Waals surface area (Å²) in [5.74, 6) is -0.248. The topological polar surface area (TPSA) is 56.2 Å². The van der Waals surface area contributed by atoms with Crippen molar-refractivity contribution in [3.63, 3.8) is 0 Å². The monoisotopic (exact) mass is 441 g/mol. The molecule has 6 nitrogen and oxygen atoms in total. The molecule has 0 aromatic heterocycles. The average Bonchev–Trinajstić information content (AvgIpc) is 3.49. The van der Waals surface area contributed by atoms with Crippen LogP contribution < -0.4 is 9.64 Å². The van der Waals surface area contributed by atoms with Gasteiger partial charge in [0, 0.05) is 31.9 Å². The molecule has 2 saturated heterocycles. The number of halogens is 3. The molecule has 1 saturated carbocycles. The van der Waals surface area contributed by atoms with E-state index in [0.29, 0.717) is 25.3 Å². The van der Waals surface area contributed by atoms with Crippen molar-refractivity contribution in [2.75, 3.05) is 44.2 Å². The van der Waals surface area contributed by atoms with E-state index in [2.05, 4.69) is 9.64 Å². The molecule has 2 heterocycles. The first kappa shape index (κ1) is 22.2. The van der Waals surface area contributed by atoms with Crippen LogP contribution in [0.25, 0.3) is 0 Å². The van der Waals surface area contributed by atoms with Gasteiger partial charge < -0.3 is 24.5 Å². The molecule has 2 atom stereocenters. The summed E-state index contributed by atoms with van der Waals surface area (Å²) in [5, 5.41) is 10.3. The third-order valence-corrected chi connectivity index (χ3v) is 7.01. The van der Waals surface area contributed by atoms with Crippen LogP contribution in [0.4, 0.5) is 18.9 Å². The maximum absolute atomic E-state index is 12.8. The van der Waals surface area contributed by atoms with Crippen molar-refractivity contribution in [3.8, 4) is 5.75 Å². The van der Waals surface area contributed by atoms with Gasteiger partial charge in [-0.05, 0) is 75.4 Å². The number of benzene rings is 1. The highest BCUT2D eigenvalue weighted by atomic mass is 19.4. The Hall–Kier alpha value is -2.00. The molecule has 3 aliphatic rings. The number of hydrogen-bond acceptors (Lipinski definition) is 5. The van der Waals surface area contributed by atoms with E-state index in [0.717, 1.165) is 45.3 Å². The molecule has 4 rings (SSSR count). The highest BCUT2D eigenvalue weighted by Crippen LogP contribution is 2.53. The minimum absolute atomic E-state index is 0.0254. The summed E-state index contributed by atoms with van der Waals surface area (Å²) in [6, 6.07) is 5.26. The normalized spacial score (nSPS) is 26.4. The molecule has 1 N–H and O–H groups in total. The van der Waals surface area contributed by atoms with Gasteiger partial charge in [-0.2, -0.15) is 0 Å². The van der Waals surface area contributed by atoms with E-state index < -0.39 is 6.36 Å². The number of anilines is 1. The summed E-state index contributed by atoms with van der Waals surface area (Å²) in [4.78, 5) is 18.9. The lowest BCUT2D eigenvalue weighted by molar-refractivity contribution is -0.274. The van der Waals surface area contributed by atoms with E-state index in [9.17, 15) is 23.1 Å². The lowest BCUT2D eigenvalue weighted by atomic mass is 9.90. The van der Waals surface area contributed by atoms with Gasteiger partial charge in [0.25, 0.3) is 0 Å². The van der Waals surface area contributed by atoms with Gasteiger partial charge in [-0.1, -0.05) is 0 Å². The van der Waals surface area contributed by atoms with Crippen molar-refractivity contribution >= 4 is 11.6 Å². The number of β-amino-alcohol motifs (C(OH)–C–C–N with tert-alkyl or cyclic N) is 1. The average molecular weight is 441 g/mol. The number of ether oxygens (including phenoxy) is 1. The van der Waals surface area contributed by atoms with E-state index in [1.54, 1.807) is 12.1 Å². The van der Waals surface area contributed by atoms with E-state index in [1.165, 1.54) is 12.1 Å². The van der Waals surface area contributed by atoms with Crippen molar-refractivity contribution in [1.29, 1.82) is 0 Å². The van der Waals surface area contributed by atoms with Gasteiger partial charge in [0.15, 0.2) is 0 Å². The molecule has 172 valence electrons. The molecule has 3 fully saturated rings. The summed E-state index contributed by atoms with van der Waals surface area (Å²) in [7, 11) is 0. The predicted molar refractivity (Wildman–Crippen MR) is 110 cm³/mol. The largest absolute Gasteiger partial charge is 0.573 e.